The Morgan fingerprint density at radius 2 is 1.95 bits per heavy atom. The molecular formula is C16H21ClN2O. The van der Waals surface area contributed by atoms with Gasteiger partial charge in [0.05, 0.1) is 0 Å². The third kappa shape index (κ3) is 2.48. The SMILES string of the molecule is CC(=O)[C@H]1C2CCC(CC2)C1Cc1nc(Cl)ncc1C. The number of fused-ring (bicyclic) bond motifs is 3. The first-order valence-corrected chi connectivity index (χ1v) is 7.92. The summed E-state index contributed by atoms with van der Waals surface area (Å²) in [5.74, 6) is 2.32. The van der Waals surface area contributed by atoms with Crippen molar-refractivity contribution < 1.29 is 4.79 Å². The Bertz CT molecular complexity index is 523. The molecule has 0 aromatic carbocycles. The first kappa shape index (κ1) is 14.0. The van der Waals surface area contributed by atoms with Gasteiger partial charge >= 0.3 is 0 Å². The number of halogens is 1. The van der Waals surface area contributed by atoms with Crippen LogP contribution in [0.2, 0.25) is 5.28 Å². The lowest BCUT2D eigenvalue weighted by Gasteiger charge is -2.48. The standard InChI is InChI=1S/C16H21ClN2O/c1-9-8-18-16(17)19-14(9)7-13-11-3-5-12(6-4-11)15(13)10(2)20/h8,11-13,15H,3-7H2,1-2H3/t11?,12?,13?,15-/m0/s1. The van der Waals surface area contributed by atoms with E-state index in [2.05, 4.69) is 9.97 Å². The summed E-state index contributed by atoms with van der Waals surface area (Å²) >= 11 is 5.92. The summed E-state index contributed by atoms with van der Waals surface area (Å²) in [6.45, 7) is 3.79. The molecular weight excluding hydrogens is 272 g/mol. The molecule has 1 heterocycles. The topological polar surface area (TPSA) is 42.9 Å². The van der Waals surface area contributed by atoms with Crippen LogP contribution >= 0.6 is 11.6 Å². The molecule has 3 fully saturated rings. The van der Waals surface area contributed by atoms with Crippen LogP contribution in [0.4, 0.5) is 0 Å². The second-order valence-electron chi connectivity index (χ2n) is 6.45. The van der Waals surface area contributed by atoms with Crippen LogP contribution in [0.1, 0.15) is 43.9 Å². The fourth-order valence-electron chi connectivity index (χ4n) is 4.38. The van der Waals surface area contributed by atoms with Crippen LogP contribution in [-0.2, 0) is 11.2 Å². The molecule has 4 rings (SSSR count). The van der Waals surface area contributed by atoms with E-state index in [1.165, 1.54) is 25.7 Å². The van der Waals surface area contributed by atoms with E-state index in [1.807, 2.05) is 6.92 Å². The molecule has 20 heavy (non-hydrogen) atoms. The van der Waals surface area contributed by atoms with Gasteiger partial charge < -0.3 is 0 Å². The Kier molecular flexibility index (Phi) is 3.80. The number of aromatic nitrogens is 2. The van der Waals surface area contributed by atoms with Crippen molar-refractivity contribution in [2.75, 3.05) is 0 Å². The van der Waals surface area contributed by atoms with Crippen molar-refractivity contribution in [3.05, 3.63) is 22.7 Å². The lowest BCUT2D eigenvalue weighted by molar-refractivity contribution is -0.130. The number of ketones is 1. The van der Waals surface area contributed by atoms with E-state index >= 15 is 0 Å². The van der Waals surface area contributed by atoms with Crippen LogP contribution in [0.3, 0.4) is 0 Å². The molecule has 1 unspecified atom stereocenters. The number of hydrogen-bond acceptors (Lipinski definition) is 3. The average Bonchev–Trinajstić information content (AvgIpc) is 2.43. The minimum Gasteiger partial charge on any atom is -0.300 e. The summed E-state index contributed by atoms with van der Waals surface area (Å²) in [6, 6.07) is 0. The van der Waals surface area contributed by atoms with Crippen LogP contribution in [0, 0.1) is 30.6 Å². The lowest BCUT2D eigenvalue weighted by Crippen LogP contribution is -2.44. The molecule has 0 radical (unpaired) electrons. The molecule has 3 nitrogen and oxygen atoms in total. The molecule has 0 aliphatic heterocycles. The molecule has 0 saturated heterocycles. The predicted octanol–water partition coefficient (Wildman–Crippen LogP) is 3.62. The zero-order valence-corrected chi connectivity index (χ0v) is 12.9. The molecule has 108 valence electrons. The first-order valence-electron chi connectivity index (χ1n) is 7.54. The van der Waals surface area contributed by atoms with E-state index in [1.54, 1.807) is 13.1 Å². The highest BCUT2D eigenvalue weighted by molar-refractivity contribution is 6.28. The molecule has 0 amide bonds. The summed E-state index contributed by atoms with van der Waals surface area (Å²) in [5.41, 5.74) is 2.10. The van der Waals surface area contributed by atoms with Gasteiger partial charge in [-0.3, -0.25) is 4.79 Å². The number of rotatable bonds is 3. The largest absolute Gasteiger partial charge is 0.300 e. The number of hydrogen-bond donors (Lipinski definition) is 0. The summed E-state index contributed by atoms with van der Waals surface area (Å²) in [4.78, 5) is 20.5. The third-order valence-corrected chi connectivity index (χ3v) is 5.52. The molecule has 1 aromatic heterocycles. The van der Waals surface area contributed by atoms with Crippen molar-refractivity contribution in [1.82, 2.24) is 9.97 Å². The second kappa shape index (κ2) is 5.44. The molecule has 1 aromatic rings. The van der Waals surface area contributed by atoms with Gasteiger partial charge in [-0.2, -0.15) is 0 Å². The average molecular weight is 293 g/mol. The van der Waals surface area contributed by atoms with Crippen molar-refractivity contribution in [1.29, 1.82) is 0 Å². The second-order valence-corrected chi connectivity index (χ2v) is 6.79. The number of aryl methyl sites for hydroxylation is 1. The van der Waals surface area contributed by atoms with Crippen LogP contribution < -0.4 is 0 Å². The van der Waals surface area contributed by atoms with E-state index in [0.717, 1.165) is 17.7 Å². The molecule has 2 bridgehead atoms. The highest BCUT2D eigenvalue weighted by Crippen LogP contribution is 2.50. The van der Waals surface area contributed by atoms with Crippen LogP contribution in [0.15, 0.2) is 6.20 Å². The minimum absolute atomic E-state index is 0.232. The quantitative estimate of drug-likeness (QED) is 0.799. The first-order chi connectivity index (χ1) is 9.56. The van der Waals surface area contributed by atoms with Gasteiger partial charge in [0, 0.05) is 17.8 Å². The molecule has 4 heteroatoms. The number of nitrogens with zero attached hydrogens (tertiary/aromatic N) is 2. The van der Waals surface area contributed by atoms with Crippen molar-refractivity contribution in [2.45, 2.75) is 46.0 Å². The third-order valence-electron chi connectivity index (χ3n) is 5.34. The van der Waals surface area contributed by atoms with Gasteiger partial charge in [0.15, 0.2) is 0 Å². The van der Waals surface area contributed by atoms with E-state index < -0.39 is 0 Å². The maximum absolute atomic E-state index is 12.1. The van der Waals surface area contributed by atoms with E-state index in [9.17, 15) is 4.79 Å². The summed E-state index contributed by atoms with van der Waals surface area (Å²) in [5, 5.41) is 0.311. The maximum atomic E-state index is 12.1. The van der Waals surface area contributed by atoms with Gasteiger partial charge in [0.1, 0.15) is 5.78 Å². The monoisotopic (exact) mass is 292 g/mol. The molecule has 2 atom stereocenters. The Balaban J connectivity index is 1.87. The Hall–Kier alpha value is -0.960. The fourth-order valence-corrected chi connectivity index (χ4v) is 4.54. The van der Waals surface area contributed by atoms with Gasteiger partial charge in [-0.05, 0) is 80.9 Å². The Morgan fingerprint density at radius 3 is 2.60 bits per heavy atom. The molecule has 0 N–H and O–H groups in total. The van der Waals surface area contributed by atoms with E-state index in [-0.39, 0.29) is 5.92 Å². The molecule has 3 saturated carbocycles. The van der Waals surface area contributed by atoms with Crippen LogP contribution in [-0.4, -0.2) is 15.8 Å². The van der Waals surface area contributed by atoms with Gasteiger partial charge in [-0.15, -0.1) is 0 Å². The Morgan fingerprint density at radius 1 is 1.30 bits per heavy atom. The van der Waals surface area contributed by atoms with Gasteiger partial charge in [0.2, 0.25) is 5.28 Å². The number of carbonyl (C=O) groups is 1. The summed E-state index contributed by atoms with van der Waals surface area (Å²) in [6.07, 6.45) is 7.67. The summed E-state index contributed by atoms with van der Waals surface area (Å²) < 4.78 is 0. The molecule has 3 aliphatic carbocycles. The number of carbonyl (C=O) groups excluding carboxylic acids is 1. The molecule has 3 aliphatic rings. The lowest BCUT2D eigenvalue weighted by atomic mass is 9.56. The fraction of sp³-hybridized carbons (Fsp3) is 0.688. The van der Waals surface area contributed by atoms with Crippen LogP contribution in [0.5, 0.6) is 0 Å². The summed E-state index contributed by atoms with van der Waals surface area (Å²) in [7, 11) is 0. The zero-order chi connectivity index (χ0) is 14.3. The van der Waals surface area contributed by atoms with Crippen LogP contribution in [0.25, 0.3) is 0 Å². The van der Waals surface area contributed by atoms with Crippen molar-refractivity contribution in [2.24, 2.45) is 23.7 Å². The highest BCUT2D eigenvalue weighted by atomic mass is 35.5. The van der Waals surface area contributed by atoms with Gasteiger partial charge in [-0.25, -0.2) is 9.97 Å². The number of Topliss-reactive ketones (excluding diaryl/α,β-unsaturated/α-hetero) is 1. The highest BCUT2D eigenvalue weighted by Gasteiger charge is 2.45. The van der Waals surface area contributed by atoms with Crippen molar-refractivity contribution in [3.63, 3.8) is 0 Å². The smallest absolute Gasteiger partial charge is 0.222 e. The normalized spacial score (nSPS) is 32.4. The van der Waals surface area contributed by atoms with Crippen molar-refractivity contribution in [3.8, 4) is 0 Å². The Labute approximate surface area is 125 Å². The predicted molar refractivity (Wildman–Crippen MR) is 78.6 cm³/mol. The van der Waals surface area contributed by atoms with Gasteiger partial charge in [-0.1, -0.05) is 0 Å². The van der Waals surface area contributed by atoms with Crippen molar-refractivity contribution >= 4 is 17.4 Å². The molecule has 0 spiro atoms. The van der Waals surface area contributed by atoms with Gasteiger partial charge in [0.25, 0.3) is 0 Å². The minimum atomic E-state index is 0.232. The zero-order valence-electron chi connectivity index (χ0n) is 12.1. The van der Waals surface area contributed by atoms with E-state index in [0.29, 0.717) is 28.8 Å². The van der Waals surface area contributed by atoms with E-state index in [4.69, 9.17) is 11.6 Å². The maximum Gasteiger partial charge on any atom is 0.222 e.